The van der Waals surface area contributed by atoms with Crippen LogP contribution in [0.25, 0.3) is 10.8 Å². The lowest BCUT2D eigenvalue weighted by atomic mass is 9.92. The molecule has 4 heteroatoms. The van der Waals surface area contributed by atoms with E-state index in [1.807, 2.05) is 48.7 Å². The summed E-state index contributed by atoms with van der Waals surface area (Å²) in [6.07, 6.45) is 4.64. The Morgan fingerprint density at radius 2 is 2.00 bits per heavy atom. The number of rotatable bonds is 4. The van der Waals surface area contributed by atoms with E-state index in [0.29, 0.717) is 11.5 Å². The van der Waals surface area contributed by atoms with Crippen LogP contribution in [0.1, 0.15) is 28.4 Å². The Bertz CT molecular complexity index is 872. The van der Waals surface area contributed by atoms with Crippen LogP contribution in [0.2, 0.25) is 0 Å². The van der Waals surface area contributed by atoms with Crippen LogP contribution in [0.3, 0.4) is 0 Å². The monoisotopic (exact) mass is 331 g/mol. The third-order valence-corrected chi connectivity index (χ3v) is 4.92. The second kappa shape index (κ2) is 7.03. The highest BCUT2D eigenvalue weighted by Crippen LogP contribution is 2.27. The van der Waals surface area contributed by atoms with E-state index in [4.69, 9.17) is 0 Å². The highest BCUT2D eigenvalue weighted by atomic mass is 16.1. The highest BCUT2D eigenvalue weighted by molar-refractivity contribution is 5.98. The molecule has 1 aromatic heterocycles. The van der Waals surface area contributed by atoms with Crippen molar-refractivity contribution in [2.45, 2.75) is 12.5 Å². The molecule has 1 fully saturated rings. The van der Waals surface area contributed by atoms with Gasteiger partial charge in [0.1, 0.15) is 0 Å². The number of fused-ring (bicyclic) bond motifs is 1. The number of nitrogens with zero attached hydrogens (tertiary/aromatic N) is 1. The molecule has 126 valence electrons. The van der Waals surface area contributed by atoms with Crippen molar-refractivity contribution in [1.82, 2.24) is 15.6 Å². The number of aromatic nitrogens is 1. The van der Waals surface area contributed by atoms with E-state index in [2.05, 4.69) is 27.8 Å². The Hall–Kier alpha value is -2.72. The van der Waals surface area contributed by atoms with Gasteiger partial charge >= 0.3 is 0 Å². The van der Waals surface area contributed by atoms with Crippen LogP contribution < -0.4 is 10.6 Å². The van der Waals surface area contributed by atoms with Gasteiger partial charge in [-0.25, -0.2) is 0 Å². The van der Waals surface area contributed by atoms with Crippen molar-refractivity contribution in [3.05, 3.63) is 78.1 Å². The molecule has 2 atom stereocenters. The van der Waals surface area contributed by atoms with Crippen LogP contribution in [0.4, 0.5) is 0 Å². The van der Waals surface area contributed by atoms with Crippen LogP contribution in [-0.4, -0.2) is 24.0 Å². The van der Waals surface area contributed by atoms with Crippen molar-refractivity contribution in [3.63, 3.8) is 0 Å². The molecule has 2 heterocycles. The minimum absolute atomic E-state index is 0.0248. The van der Waals surface area contributed by atoms with E-state index in [0.717, 1.165) is 35.8 Å². The van der Waals surface area contributed by atoms with Gasteiger partial charge in [0.15, 0.2) is 0 Å². The number of hydrogen-bond donors (Lipinski definition) is 2. The molecule has 0 bridgehead atoms. The molecule has 1 aliphatic heterocycles. The minimum Gasteiger partial charge on any atom is -0.345 e. The topological polar surface area (TPSA) is 54.0 Å². The average Bonchev–Trinajstić information content (AvgIpc) is 3.20. The molecular weight excluding hydrogens is 310 g/mol. The summed E-state index contributed by atoms with van der Waals surface area (Å²) in [6.45, 7) is 1.94. The zero-order valence-electron chi connectivity index (χ0n) is 14.0. The van der Waals surface area contributed by atoms with Crippen molar-refractivity contribution in [1.29, 1.82) is 0 Å². The standard InChI is InChI=1S/C21H21N3O/c25-21(17-6-7-18-13-22-10-8-16(18)12-17)24-20(19-9-11-23-14-19)15-4-2-1-3-5-15/h1-8,10,12-13,19-20,23H,9,11,14H2,(H,24,25)/t19-,20-/m0/s1. The number of benzene rings is 2. The molecule has 1 amide bonds. The lowest BCUT2D eigenvalue weighted by Gasteiger charge is -2.25. The van der Waals surface area contributed by atoms with Crippen LogP contribution in [0.5, 0.6) is 0 Å². The fraction of sp³-hybridized carbons (Fsp3) is 0.238. The summed E-state index contributed by atoms with van der Waals surface area (Å²) in [5, 5.41) is 8.73. The Balaban J connectivity index is 1.61. The zero-order chi connectivity index (χ0) is 17.1. The summed E-state index contributed by atoms with van der Waals surface area (Å²) in [6, 6.07) is 18.0. The number of carbonyl (C=O) groups is 1. The summed E-state index contributed by atoms with van der Waals surface area (Å²) < 4.78 is 0. The third-order valence-electron chi connectivity index (χ3n) is 4.92. The first-order valence-corrected chi connectivity index (χ1v) is 8.71. The lowest BCUT2D eigenvalue weighted by molar-refractivity contribution is 0.0924. The zero-order valence-corrected chi connectivity index (χ0v) is 14.0. The predicted molar refractivity (Wildman–Crippen MR) is 99.4 cm³/mol. The molecule has 0 saturated carbocycles. The third kappa shape index (κ3) is 3.39. The van der Waals surface area contributed by atoms with Crippen LogP contribution in [0.15, 0.2) is 67.0 Å². The Kier molecular flexibility index (Phi) is 4.44. The molecule has 0 spiro atoms. The van der Waals surface area contributed by atoms with Gasteiger partial charge in [-0.2, -0.15) is 0 Å². The first kappa shape index (κ1) is 15.8. The van der Waals surface area contributed by atoms with E-state index in [1.165, 1.54) is 0 Å². The fourth-order valence-electron chi connectivity index (χ4n) is 3.54. The van der Waals surface area contributed by atoms with Gasteiger partial charge < -0.3 is 10.6 Å². The molecule has 2 aromatic carbocycles. The molecule has 4 rings (SSSR count). The first-order chi connectivity index (χ1) is 12.3. The van der Waals surface area contributed by atoms with E-state index < -0.39 is 0 Å². The predicted octanol–water partition coefficient (Wildman–Crippen LogP) is 3.32. The van der Waals surface area contributed by atoms with Crippen LogP contribution in [0, 0.1) is 5.92 Å². The molecular formula is C21H21N3O. The smallest absolute Gasteiger partial charge is 0.251 e. The van der Waals surface area contributed by atoms with Crippen molar-refractivity contribution in [3.8, 4) is 0 Å². The summed E-state index contributed by atoms with van der Waals surface area (Å²) in [7, 11) is 0. The fourth-order valence-corrected chi connectivity index (χ4v) is 3.54. The number of carbonyl (C=O) groups excluding carboxylic acids is 1. The van der Waals surface area contributed by atoms with Gasteiger partial charge in [-0.05, 0) is 48.0 Å². The van der Waals surface area contributed by atoms with E-state index >= 15 is 0 Å². The number of hydrogen-bond acceptors (Lipinski definition) is 3. The molecule has 25 heavy (non-hydrogen) atoms. The number of amides is 1. The normalized spacial score (nSPS) is 18.2. The largest absolute Gasteiger partial charge is 0.345 e. The van der Waals surface area contributed by atoms with Crippen molar-refractivity contribution in [2.24, 2.45) is 5.92 Å². The maximum Gasteiger partial charge on any atom is 0.251 e. The van der Waals surface area contributed by atoms with Gasteiger partial charge in [-0.3, -0.25) is 9.78 Å². The minimum atomic E-state index is -0.0283. The summed E-state index contributed by atoms with van der Waals surface area (Å²) in [5.74, 6) is 0.385. The average molecular weight is 331 g/mol. The first-order valence-electron chi connectivity index (χ1n) is 8.71. The summed E-state index contributed by atoms with van der Waals surface area (Å²) >= 11 is 0. The van der Waals surface area contributed by atoms with E-state index in [9.17, 15) is 4.79 Å². The van der Waals surface area contributed by atoms with Gasteiger partial charge in [-0.1, -0.05) is 36.4 Å². The maximum absolute atomic E-state index is 12.9. The summed E-state index contributed by atoms with van der Waals surface area (Å²) in [5.41, 5.74) is 1.85. The molecule has 3 aromatic rings. The molecule has 1 saturated heterocycles. The Labute approximate surface area is 147 Å². The number of nitrogens with one attached hydrogen (secondary N) is 2. The van der Waals surface area contributed by atoms with Gasteiger partial charge in [-0.15, -0.1) is 0 Å². The van der Waals surface area contributed by atoms with Gasteiger partial charge in [0, 0.05) is 29.9 Å². The van der Waals surface area contributed by atoms with Crippen molar-refractivity contribution < 1.29 is 4.79 Å². The van der Waals surface area contributed by atoms with E-state index in [1.54, 1.807) is 6.20 Å². The van der Waals surface area contributed by atoms with E-state index in [-0.39, 0.29) is 11.9 Å². The molecule has 2 N–H and O–H groups in total. The number of pyridine rings is 1. The quantitative estimate of drug-likeness (QED) is 0.771. The summed E-state index contributed by atoms with van der Waals surface area (Å²) in [4.78, 5) is 17.0. The van der Waals surface area contributed by atoms with Gasteiger partial charge in [0.25, 0.3) is 5.91 Å². The van der Waals surface area contributed by atoms with Crippen molar-refractivity contribution >= 4 is 16.7 Å². The molecule has 0 aliphatic carbocycles. The molecule has 0 radical (unpaired) electrons. The van der Waals surface area contributed by atoms with Gasteiger partial charge in [0.05, 0.1) is 6.04 Å². The molecule has 4 nitrogen and oxygen atoms in total. The van der Waals surface area contributed by atoms with Crippen LogP contribution in [-0.2, 0) is 0 Å². The Morgan fingerprint density at radius 3 is 2.80 bits per heavy atom. The highest BCUT2D eigenvalue weighted by Gasteiger charge is 2.27. The lowest BCUT2D eigenvalue weighted by Crippen LogP contribution is -2.34. The molecule has 0 unspecified atom stereocenters. The van der Waals surface area contributed by atoms with Crippen LogP contribution >= 0.6 is 0 Å². The Morgan fingerprint density at radius 1 is 1.12 bits per heavy atom. The molecule has 1 aliphatic rings. The van der Waals surface area contributed by atoms with Crippen molar-refractivity contribution in [2.75, 3.05) is 13.1 Å². The SMILES string of the molecule is O=C(N[C@@H](c1ccccc1)[C@H]1CCNC1)c1ccc2cnccc2c1. The second-order valence-electron chi connectivity index (χ2n) is 6.55. The maximum atomic E-state index is 12.9. The second-order valence-corrected chi connectivity index (χ2v) is 6.55. The van der Waals surface area contributed by atoms with Gasteiger partial charge in [0.2, 0.25) is 0 Å².